The van der Waals surface area contributed by atoms with Crippen LogP contribution in [0.1, 0.15) is 46.5 Å². The van der Waals surface area contributed by atoms with Crippen LogP contribution in [0.3, 0.4) is 0 Å². The molecule has 0 fully saturated rings. The van der Waals surface area contributed by atoms with Gasteiger partial charge in [-0.05, 0) is 32.1 Å². The predicted octanol–water partition coefficient (Wildman–Crippen LogP) is 3.17. The number of thiol groups is 1. The molecule has 0 saturated heterocycles. The number of rotatable bonds is 7. The fourth-order valence-corrected chi connectivity index (χ4v) is 1.92. The molecule has 0 aromatic heterocycles. The van der Waals surface area contributed by atoms with Crippen molar-refractivity contribution in [3.05, 3.63) is 11.6 Å². The Morgan fingerprint density at radius 2 is 2.00 bits per heavy atom. The van der Waals surface area contributed by atoms with Crippen molar-refractivity contribution in [2.75, 3.05) is 0 Å². The van der Waals surface area contributed by atoms with Gasteiger partial charge in [-0.1, -0.05) is 18.6 Å². The summed E-state index contributed by atoms with van der Waals surface area (Å²) < 4.78 is 0. The highest BCUT2D eigenvalue weighted by Crippen LogP contribution is 2.32. The van der Waals surface area contributed by atoms with E-state index in [4.69, 9.17) is 0 Å². The van der Waals surface area contributed by atoms with Crippen molar-refractivity contribution in [2.24, 2.45) is 5.41 Å². The Bertz CT molecular complexity index is 254. The van der Waals surface area contributed by atoms with Crippen LogP contribution < -0.4 is 0 Å². The zero-order chi connectivity index (χ0) is 11.9. The maximum Gasteiger partial charge on any atom is 0.186 e. The van der Waals surface area contributed by atoms with Crippen LogP contribution in [0.2, 0.25) is 0 Å². The van der Waals surface area contributed by atoms with E-state index in [9.17, 15) is 9.59 Å². The lowest BCUT2D eigenvalue weighted by atomic mass is 9.80. The summed E-state index contributed by atoms with van der Waals surface area (Å²) in [5.41, 5.74) is 1.03. The molecule has 0 N–H and O–H groups in total. The molecule has 0 amide bonds. The fourth-order valence-electron chi connectivity index (χ4n) is 1.54. The molecule has 1 atom stereocenters. The maximum absolute atomic E-state index is 11.0. The van der Waals surface area contributed by atoms with E-state index < -0.39 is 0 Å². The van der Waals surface area contributed by atoms with Gasteiger partial charge in [-0.3, -0.25) is 4.79 Å². The van der Waals surface area contributed by atoms with Gasteiger partial charge in [0.2, 0.25) is 0 Å². The Kier molecular flexibility index (Phi) is 6.57. The Balaban J connectivity index is 4.30. The summed E-state index contributed by atoms with van der Waals surface area (Å²) in [5, 5.41) is -0.142. The molecule has 0 radical (unpaired) electrons. The lowest BCUT2D eigenvalue weighted by Gasteiger charge is -2.25. The SMILES string of the molecule is CC(C)=CCCC(C)(CC=O)CC(=O)S. The number of carbonyl (C=O) groups excluding carboxylic acids is 2. The highest BCUT2D eigenvalue weighted by atomic mass is 32.1. The predicted molar refractivity (Wildman–Crippen MR) is 66.1 cm³/mol. The van der Waals surface area contributed by atoms with Gasteiger partial charge in [0.25, 0.3) is 0 Å². The summed E-state index contributed by atoms with van der Waals surface area (Å²) in [6.45, 7) is 6.05. The molecule has 1 unspecified atom stereocenters. The van der Waals surface area contributed by atoms with E-state index >= 15 is 0 Å². The van der Waals surface area contributed by atoms with Crippen molar-refractivity contribution in [1.29, 1.82) is 0 Å². The Morgan fingerprint density at radius 3 is 2.40 bits per heavy atom. The Morgan fingerprint density at radius 1 is 1.40 bits per heavy atom. The van der Waals surface area contributed by atoms with Gasteiger partial charge in [0, 0.05) is 12.8 Å². The molecular formula is C12H20O2S. The zero-order valence-corrected chi connectivity index (χ0v) is 10.6. The van der Waals surface area contributed by atoms with Crippen molar-refractivity contribution in [3.63, 3.8) is 0 Å². The van der Waals surface area contributed by atoms with Crippen LogP contribution in [0.4, 0.5) is 0 Å². The minimum Gasteiger partial charge on any atom is -0.303 e. The first-order valence-electron chi connectivity index (χ1n) is 5.18. The highest BCUT2D eigenvalue weighted by molar-refractivity contribution is 7.96. The summed E-state index contributed by atoms with van der Waals surface area (Å²) in [6, 6.07) is 0. The second kappa shape index (κ2) is 6.83. The van der Waals surface area contributed by atoms with Crippen LogP contribution in [-0.2, 0) is 9.59 Å². The molecule has 0 aromatic rings. The number of hydrogen-bond donors (Lipinski definition) is 1. The molecule has 0 heterocycles. The summed E-state index contributed by atoms with van der Waals surface area (Å²) in [5.74, 6) is 0. The molecule has 86 valence electrons. The fraction of sp³-hybridized carbons (Fsp3) is 0.667. The van der Waals surface area contributed by atoms with E-state index in [1.807, 2.05) is 20.8 Å². The van der Waals surface area contributed by atoms with E-state index in [-0.39, 0.29) is 10.5 Å². The van der Waals surface area contributed by atoms with Crippen LogP contribution >= 0.6 is 12.6 Å². The highest BCUT2D eigenvalue weighted by Gasteiger charge is 2.25. The standard InChI is InChI=1S/C12H20O2S/c1-10(2)5-4-6-12(3,7-8-13)9-11(14)15/h5,8H,4,6-7,9H2,1-3H3,(H,14,15). The maximum atomic E-state index is 11.0. The molecule has 0 saturated carbocycles. The van der Waals surface area contributed by atoms with E-state index in [0.717, 1.165) is 19.1 Å². The van der Waals surface area contributed by atoms with Gasteiger partial charge in [-0.15, -0.1) is 12.6 Å². The average molecular weight is 228 g/mol. The minimum absolute atomic E-state index is 0.142. The normalized spacial score (nSPS) is 14.1. The molecule has 15 heavy (non-hydrogen) atoms. The second-order valence-electron chi connectivity index (χ2n) is 4.57. The second-order valence-corrected chi connectivity index (χ2v) is 5.07. The van der Waals surface area contributed by atoms with Crippen molar-refractivity contribution < 1.29 is 9.59 Å². The molecular weight excluding hydrogens is 208 g/mol. The van der Waals surface area contributed by atoms with E-state index in [1.165, 1.54) is 5.57 Å². The molecule has 0 aliphatic carbocycles. The van der Waals surface area contributed by atoms with Crippen molar-refractivity contribution in [1.82, 2.24) is 0 Å². The minimum atomic E-state index is -0.230. The Labute approximate surface area is 97.5 Å². The van der Waals surface area contributed by atoms with Crippen LogP contribution in [-0.4, -0.2) is 11.4 Å². The molecule has 3 heteroatoms. The van der Waals surface area contributed by atoms with E-state index in [1.54, 1.807) is 0 Å². The summed E-state index contributed by atoms with van der Waals surface area (Å²) >= 11 is 3.78. The van der Waals surface area contributed by atoms with Crippen LogP contribution in [0.5, 0.6) is 0 Å². The van der Waals surface area contributed by atoms with Gasteiger partial charge in [0.1, 0.15) is 6.29 Å². The van der Waals surface area contributed by atoms with Crippen LogP contribution in [0.25, 0.3) is 0 Å². The summed E-state index contributed by atoms with van der Waals surface area (Å²) in [4.78, 5) is 21.5. The number of aldehydes is 1. The third-order valence-corrected chi connectivity index (χ3v) is 2.61. The van der Waals surface area contributed by atoms with Gasteiger partial charge >= 0.3 is 0 Å². The van der Waals surface area contributed by atoms with Gasteiger partial charge < -0.3 is 4.79 Å². The number of carbonyl (C=O) groups is 2. The third kappa shape index (κ3) is 7.37. The lowest BCUT2D eigenvalue weighted by molar-refractivity contribution is -0.114. The molecule has 0 aromatic carbocycles. The van der Waals surface area contributed by atoms with Crippen molar-refractivity contribution in [2.45, 2.75) is 46.5 Å². The van der Waals surface area contributed by atoms with E-state index in [0.29, 0.717) is 12.8 Å². The quantitative estimate of drug-likeness (QED) is 0.412. The number of hydrogen-bond acceptors (Lipinski definition) is 2. The lowest BCUT2D eigenvalue weighted by Crippen LogP contribution is -2.19. The van der Waals surface area contributed by atoms with Gasteiger partial charge in [0.15, 0.2) is 5.12 Å². The van der Waals surface area contributed by atoms with Gasteiger partial charge in [-0.2, -0.15) is 0 Å². The monoisotopic (exact) mass is 228 g/mol. The summed E-state index contributed by atoms with van der Waals surface area (Å²) in [6.07, 6.45) is 5.57. The van der Waals surface area contributed by atoms with Gasteiger partial charge in [0.05, 0.1) is 0 Å². The zero-order valence-electron chi connectivity index (χ0n) is 9.75. The average Bonchev–Trinajstić information content (AvgIpc) is 2.01. The molecule has 0 bridgehead atoms. The first-order chi connectivity index (χ1) is 6.89. The molecule has 2 nitrogen and oxygen atoms in total. The van der Waals surface area contributed by atoms with E-state index in [2.05, 4.69) is 18.7 Å². The van der Waals surface area contributed by atoms with Crippen molar-refractivity contribution in [3.8, 4) is 0 Å². The largest absolute Gasteiger partial charge is 0.303 e. The summed E-state index contributed by atoms with van der Waals surface area (Å²) in [7, 11) is 0. The third-order valence-electron chi connectivity index (χ3n) is 2.45. The Hall–Kier alpha value is -0.570. The van der Waals surface area contributed by atoms with Crippen molar-refractivity contribution >= 4 is 24.0 Å². The molecule has 0 rings (SSSR count). The van der Waals surface area contributed by atoms with Crippen LogP contribution in [0.15, 0.2) is 11.6 Å². The smallest absolute Gasteiger partial charge is 0.186 e. The van der Waals surface area contributed by atoms with Crippen LogP contribution in [0, 0.1) is 5.41 Å². The molecule has 0 spiro atoms. The number of allylic oxidation sites excluding steroid dienone is 2. The first-order valence-corrected chi connectivity index (χ1v) is 5.63. The topological polar surface area (TPSA) is 34.1 Å². The molecule has 0 aliphatic heterocycles. The molecule has 0 aliphatic rings. The van der Waals surface area contributed by atoms with Gasteiger partial charge in [-0.25, -0.2) is 0 Å². The first kappa shape index (κ1) is 14.4.